The van der Waals surface area contributed by atoms with Crippen LogP contribution in [0.5, 0.6) is 0 Å². The van der Waals surface area contributed by atoms with Crippen molar-refractivity contribution in [2.24, 2.45) is 23.5 Å². The van der Waals surface area contributed by atoms with E-state index in [9.17, 15) is 0 Å². The van der Waals surface area contributed by atoms with Crippen molar-refractivity contribution >= 4 is 0 Å². The molecule has 1 saturated carbocycles. The van der Waals surface area contributed by atoms with E-state index in [2.05, 4.69) is 6.92 Å². The van der Waals surface area contributed by atoms with Crippen LogP contribution in [0.2, 0.25) is 0 Å². The Labute approximate surface area is 80.8 Å². The van der Waals surface area contributed by atoms with Gasteiger partial charge in [0, 0.05) is 19.3 Å². The Bertz CT molecular complexity index is 165. The van der Waals surface area contributed by atoms with Gasteiger partial charge in [0.05, 0.1) is 0 Å². The first-order valence-corrected chi connectivity index (χ1v) is 5.62. The molecule has 4 unspecified atom stereocenters. The third-order valence-corrected chi connectivity index (χ3v) is 3.99. The topological polar surface area (TPSA) is 35.2 Å². The fraction of sp³-hybridized carbons (Fsp3) is 1.00. The minimum absolute atomic E-state index is 0.451. The number of ether oxygens (including phenoxy) is 1. The van der Waals surface area contributed by atoms with Crippen LogP contribution in [0.25, 0.3) is 0 Å². The second-order valence-corrected chi connectivity index (χ2v) is 4.74. The van der Waals surface area contributed by atoms with E-state index in [1.54, 1.807) is 0 Å². The van der Waals surface area contributed by atoms with Gasteiger partial charge in [-0.05, 0) is 43.4 Å². The van der Waals surface area contributed by atoms with Crippen LogP contribution in [0, 0.1) is 17.8 Å². The fourth-order valence-corrected chi connectivity index (χ4v) is 3.00. The minimum atomic E-state index is 0.451. The maximum atomic E-state index is 6.03. The Morgan fingerprint density at radius 2 is 2.08 bits per heavy atom. The van der Waals surface area contributed by atoms with E-state index in [1.807, 2.05) is 0 Å². The van der Waals surface area contributed by atoms with Gasteiger partial charge in [0.25, 0.3) is 0 Å². The van der Waals surface area contributed by atoms with E-state index in [-0.39, 0.29) is 0 Å². The van der Waals surface area contributed by atoms with Crippen molar-refractivity contribution < 1.29 is 4.74 Å². The predicted octanol–water partition coefficient (Wildman–Crippen LogP) is 1.79. The molecule has 2 rings (SSSR count). The first-order valence-electron chi connectivity index (χ1n) is 5.62. The molecule has 0 aromatic carbocycles. The van der Waals surface area contributed by atoms with E-state index in [1.165, 1.54) is 25.7 Å². The molecular weight excluding hydrogens is 162 g/mol. The molecule has 0 bridgehead atoms. The summed E-state index contributed by atoms with van der Waals surface area (Å²) in [7, 11) is 0. The third kappa shape index (κ3) is 1.89. The quantitative estimate of drug-likeness (QED) is 0.672. The summed E-state index contributed by atoms with van der Waals surface area (Å²) in [4.78, 5) is 0. The summed E-state index contributed by atoms with van der Waals surface area (Å²) in [5.74, 6) is 2.36. The number of hydrogen-bond acceptors (Lipinski definition) is 2. The van der Waals surface area contributed by atoms with Gasteiger partial charge in [-0.2, -0.15) is 0 Å². The van der Waals surface area contributed by atoms with Gasteiger partial charge in [-0.25, -0.2) is 0 Å². The molecule has 0 aromatic heterocycles. The molecule has 2 fully saturated rings. The van der Waals surface area contributed by atoms with Crippen LogP contribution in [0.15, 0.2) is 0 Å². The highest BCUT2D eigenvalue weighted by atomic mass is 16.5. The summed E-state index contributed by atoms with van der Waals surface area (Å²) in [6.45, 7) is 4.28. The van der Waals surface area contributed by atoms with Crippen LogP contribution in [-0.4, -0.2) is 19.3 Å². The minimum Gasteiger partial charge on any atom is -0.381 e. The molecule has 1 heterocycles. The van der Waals surface area contributed by atoms with Gasteiger partial charge >= 0.3 is 0 Å². The molecule has 2 heteroatoms. The monoisotopic (exact) mass is 183 g/mol. The SMILES string of the molecule is CC1C(N)CCC1C1CCCOC1. The average Bonchev–Trinajstić information content (AvgIpc) is 2.49. The van der Waals surface area contributed by atoms with Crippen molar-refractivity contribution in [1.29, 1.82) is 0 Å². The summed E-state index contributed by atoms with van der Waals surface area (Å²) in [5.41, 5.74) is 6.03. The van der Waals surface area contributed by atoms with Crippen LogP contribution < -0.4 is 5.73 Å². The van der Waals surface area contributed by atoms with E-state index >= 15 is 0 Å². The summed E-state index contributed by atoms with van der Waals surface area (Å²) >= 11 is 0. The van der Waals surface area contributed by atoms with Gasteiger partial charge in [-0.3, -0.25) is 0 Å². The van der Waals surface area contributed by atoms with Crippen LogP contribution in [0.3, 0.4) is 0 Å². The maximum absolute atomic E-state index is 6.03. The zero-order valence-electron chi connectivity index (χ0n) is 8.54. The van der Waals surface area contributed by atoms with E-state index < -0.39 is 0 Å². The fourth-order valence-electron chi connectivity index (χ4n) is 3.00. The molecule has 13 heavy (non-hydrogen) atoms. The Kier molecular flexibility index (Phi) is 2.89. The summed E-state index contributed by atoms with van der Waals surface area (Å²) in [5, 5.41) is 0. The van der Waals surface area contributed by atoms with Crippen LogP contribution in [0.4, 0.5) is 0 Å². The summed E-state index contributed by atoms with van der Waals surface area (Å²) in [6, 6.07) is 0.451. The van der Waals surface area contributed by atoms with Crippen LogP contribution in [0.1, 0.15) is 32.6 Å². The lowest BCUT2D eigenvalue weighted by atomic mass is 9.81. The Balaban J connectivity index is 1.92. The lowest BCUT2D eigenvalue weighted by molar-refractivity contribution is 0.0230. The van der Waals surface area contributed by atoms with Crippen molar-refractivity contribution in [2.75, 3.05) is 13.2 Å². The average molecular weight is 183 g/mol. The molecule has 2 aliphatic rings. The highest BCUT2D eigenvalue weighted by Crippen LogP contribution is 2.39. The van der Waals surface area contributed by atoms with Gasteiger partial charge in [-0.1, -0.05) is 6.92 Å². The Hall–Kier alpha value is -0.0800. The lowest BCUT2D eigenvalue weighted by Gasteiger charge is -2.30. The lowest BCUT2D eigenvalue weighted by Crippen LogP contribution is -2.31. The van der Waals surface area contributed by atoms with E-state index in [4.69, 9.17) is 10.5 Å². The van der Waals surface area contributed by atoms with Crippen molar-refractivity contribution in [3.05, 3.63) is 0 Å². The number of rotatable bonds is 1. The van der Waals surface area contributed by atoms with Gasteiger partial charge in [0.15, 0.2) is 0 Å². The molecule has 4 atom stereocenters. The molecule has 2 nitrogen and oxygen atoms in total. The first-order chi connectivity index (χ1) is 6.29. The third-order valence-electron chi connectivity index (χ3n) is 3.99. The molecule has 2 N–H and O–H groups in total. The van der Waals surface area contributed by atoms with Crippen molar-refractivity contribution in [1.82, 2.24) is 0 Å². The summed E-state index contributed by atoms with van der Waals surface area (Å²) in [6.07, 6.45) is 5.17. The summed E-state index contributed by atoms with van der Waals surface area (Å²) < 4.78 is 5.54. The zero-order chi connectivity index (χ0) is 9.26. The van der Waals surface area contributed by atoms with Crippen LogP contribution in [-0.2, 0) is 4.74 Å². The Morgan fingerprint density at radius 3 is 2.62 bits per heavy atom. The van der Waals surface area contributed by atoms with Gasteiger partial charge < -0.3 is 10.5 Å². The van der Waals surface area contributed by atoms with E-state index in [0.717, 1.165) is 25.0 Å². The molecule has 0 aromatic rings. The Morgan fingerprint density at radius 1 is 1.23 bits per heavy atom. The standard InChI is InChI=1S/C11H21NO/c1-8-10(4-5-11(8)12)9-3-2-6-13-7-9/h8-11H,2-7,12H2,1H3. The van der Waals surface area contributed by atoms with Crippen LogP contribution >= 0.6 is 0 Å². The van der Waals surface area contributed by atoms with Gasteiger partial charge in [0.1, 0.15) is 0 Å². The molecule has 1 saturated heterocycles. The highest BCUT2D eigenvalue weighted by molar-refractivity contribution is 4.88. The molecule has 1 aliphatic carbocycles. The molecule has 0 spiro atoms. The zero-order valence-corrected chi connectivity index (χ0v) is 8.54. The second-order valence-electron chi connectivity index (χ2n) is 4.74. The normalized spacial score (nSPS) is 46.6. The van der Waals surface area contributed by atoms with Crippen molar-refractivity contribution in [2.45, 2.75) is 38.6 Å². The molecule has 1 aliphatic heterocycles. The number of nitrogens with two attached hydrogens (primary N) is 1. The van der Waals surface area contributed by atoms with E-state index in [0.29, 0.717) is 12.0 Å². The smallest absolute Gasteiger partial charge is 0.0497 e. The molecular formula is C11H21NO. The largest absolute Gasteiger partial charge is 0.381 e. The molecule has 0 amide bonds. The molecule has 0 radical (unpaired) electrons. The first kappa shape index (κ1) is 9.47. The van der Waals surface area contributed by atoms with Crippen molar-refractivity contribution in [3.63, 3.8) is 0 Å². The predicted molar refractivity (Wildman–Crippen MR) is 53.4 cm³/mol. The highest BCUT2D eigenvalue weighted by Gasteiger charge is 2.36. The maximum Gasteiger partial charge on any atom is 0.0497 e. The van der Waals surface area contributed by atoms with Crippen molar-refractivity contribution in [3.8, 4) is 0 Å². The second kappa shape index (κ2) is 3.97. The van der Waals surface area contributed by atoms with Gasteiger partial charge in [-0.15, -0.1) is 0 Å². The van der Waals surface area contributed by atoms with Gasteiger partial charge in [0.2, 0.25) is 0 Å². The molecule has 76 valence electrons. The number of hydrogen-bond donors (Lipinski definition) is 1.